The molecule has 1 aliphatic rings. The smallest absolute Gasteiger partial charge is 0.227 e. The molecule has 5 nitrogen and oxygen atoms in total. The minimum atomic E-state index is 0.123. The van der Waals surface area contributed by atoms with Crippen LogP contribution in [0.3, 0.4) is 0 Å². The summed E-state index contributed by atoms with van der Waals surface area (Å²) in [5.41, 5.74) is 2.77. The lowest BCUT2D eigenvalue weighted by atomic mass is 9.90. The Hall–Kier alpha value is -3.08. The zero-order chi connectivity index (χ0) is 20.2. The van der Waals surface area contributed by atoms with E-state index < -0.39 is 0 Å². The van der Waals surface area contributed by atoms with Crippen molar-refractivity contribution in [3.8, 4) is 11.5 Å². The maximum absolute atomic E-state index is 13.4. The number of benzene rings is 2. The summed E-state index contributed by atoms with van der Waals surface area (Å²) in [4.78, 5) is 19.9. The van der Waals surface area contributed by atoms with Crippen LogP contribution in [0.15, 0.2) is 54.7 Å². The second-order valence-corrected chi connectivity index (χ2v) is 7.35. The first-order valence-corrected chi connectivity index (χ1v) is 10.1. The first-order valence-electron chi connectivity index (χ1n) is 10.1. The maximum Gasteiger partial charge on any atom is 0.227 e. The van der Waals surface area contributed by atoms with E-state index in [0.29, 0.717) is 24.3 Å². The molecule has 5 heteroatoms. The zero-order valence-corrected chi connectivity index (χ0v) is 16.9. The molecule has 0 atom stereocenters. The number of hydrogen-bond donors (Lipinski definition) is 0. The van der Waals surface area contributed by atoms with Gasteiger partial charge in [0.2, 0.25) is 5.91 Å². The Kier molecular flexibility index (Phi) is 5.65. The van der Waals surface area contributed by atoms with Crippen LogP contribution in [0.4, 0.5) is 5.69 Å². The van der Waals surface area contributed by atoms with Gasteiger partial charge in [-0.3, -0.25) is 9.78 Å². The van der Waals surface area contributed by atoms with E-state index in [9.17, 15) is 4.79 Å². The Morgan fingerprint density at radius 2 is 1.86 bits per heavy atom. The third-order valence-corrected chi connectivity index (χ3v) is 5.67. The van der Waals surface area contributed by atoms with Crippen LogP contribution in [0.5, 0.6) is 11.5 Å². The van der Waals surface area contributed by atoms with E-state index in [1.54, 1.807) is 20.4 Å². The molecule has 0 N–H and O–H groups in total. The number of carbonyl (C=O) groups is 1. The van der Waals surface area contributed by atoms with Crippen molar-refractivity contribution in [3.05, 3.63) is 60.3 Å². The van der Waals surface area contributed by atoms with Crippen molar-refractivity contribution in [1.29, 1.82) is 0 Å². The molecule has 0 aliphatic heterocycles. The van der Waals surface area contributed by atoms with Crippen molar-refractivity contribution in [1.82, 2.24) is 4.98 Å². The molecule has 1 aromatic heterocycles. The predicted octanol–water partition coefficient (Wildman–Crippen LogP) is 4.77. The standard InChI is InChI=1S/C24H26N2O3/c1-28-21-13-4-8-18(24(21)29-2)14-15-22(27)26(19-10-5-11-19)20-12-3-7-17-9-6-16-25-23(17)20/h3-4,6-9,12-13,16,19H,5,10-11,14-15H2,1-2H3. The third-order valence-electron chi connectivity index (χ3n) is 5.67. The van der Waals surface area contributed by atoms with Crippen LogP contribution in [-0.4, -0.2) is 31.2 Å². The first kappa shape index (κ1) is 19.2. The number of anilines is 1. The topological polar surface area (TPSA) is 51.7 Å². The Balaban J connectivity index is 1.61. The van der Waals surface area contributed by atoms with Gasteiger partial charge in [0, 0.05) is 24.0 Å². The first-order chi connectivity index (χ1) is 14.2. The van der Waals surface area contributed by atoms with Crippen molar-refractivity contribution < 1.29 is 14.3 Å². The minimum Gasteiger partial charge on any atom is -0.493 e. The summed E-state index contributed by atoms with van der Waals surface area (Å²) in [6.07, 6.45) is 6.03. The molecule has 0 spiro atoms. The third kappa shape index (κ3) is 3.77. The Bertz CT molecular complexity index is 1010. The van der Waals surface area contributed by atoms with Crippen molar-refractivity contribution in [2.45, 2.75) is 38.1 Å². The number of aromatic nitrogens is 1. The molecule has 29 heavy (non-hydrogen) atoms. The van der Waals surface area contributed by atoms with Gasteiger partial charge in [-0.2, -0.15) is 0 Å². The summed E-state index contributed by atoms with van der Waals surface area (Å²) in [5.74, 6) is 1.51. The summed E-state index contributed by atoms with van der Waals surface area (Å²) in [6, 6.07) is 16.1. The molecular formula is C24H26N2O3. The molecule has 1 saturated carbocycles. The number of aryl methyl sites for hydroxylation is 1. The highest BCUT2D eigenvalue weighted by molar-refractivity contribution is 6.02. The van der Waals surface area contributed by atoms with Crippen molar-refractivity contribution in [2.75, 3.05) is 19.1 Å². The average Bonchev–Trinajstić information content (AvgIpc) is 2.73. The highest BCUT2D eigenvalue weighted by atomic mass is 16.5. The number of carbonyl (C=O) groups excluding carboxylic acids is 1. The van der Waals surface area contributed by atoms with E-state index in [4.69, 9.17) is 9.47 Å². The van der Waals surface area contributed by atoms with E-state index in [0.717, 1.165) is 41.4 Å². The van der Waals surface area contributed by atoms with Crippen molar-refractivity contribution in [2.24, 2.45) is 0 Å². The van der Waals surface area contributed by atoms with Gasteiger partial charge in [0.25, 0.3) is 0 Å². The lowest BCUT2D eigenvalue weighted by Crippen LogP contribution is -2.44. The van der Waals surface area contributed by atoms with Gasteiger partial charge in [-0.15, -0.1) is 0 Å². The predicted molar refractivity (Wildman–Crippen MR) is 115 cm³/mol. The monoisotopic (exact) mass is 390 g/mol. The molecule has 4 rings (SSSR count). The summed E-state index contributed by atoms with van der Waals surface area (Å²) < 4.78 is 10.9. The van der Waals surface area contributed by atoms with E-state index in [-0.39, 0.29) is 11.9 Å². The number of hydrogen-bond acceptors (Lipinski definition) is 4. The Labute approximate surface area is 171 Å². The number of fused-ring (bicyclic) bond motifs is 1. The number of para-hydroxylation sites is 2. The van der Waals surface area contributed by atoms with Crippen LogP contribution in [0.2, 0.25) is 0 Å². The van der Waals surface area contributed by atoms with Gasteiger partial charge in [0.05, 0.1) is 25.4 Å². The maximum atomic E-state index is 13.4. The van der Waals surface area contributed by atoms with Gasteiger partial charge in [-0.25, -0.2) is 0 Å². The zero-order valence-electron chi connectivity index (χ0n) is 16.9. The summed E-state index contributed by atoms with van der Waals surface area (Å²) >= 11 is 0. The molecular weight excluding hydrogens is 364 g/mol. The summed E-state index contributed by atoms with van der Waals surface area (Å²) in [7, 11) is 3.25. The molecule has 0 saturated heterocycles. The quantitative estimate of drug-likeness (QED) is 0.583. The Morgan fingerprint density at radius 1 is 1.07 bits per heavy atom. The van der Waals surface area contributed by atoms with Crippen LogP contribution in [-0.2, 0) is 11.2 Å². The molecule has 1 amide bonds. The number of methoxy groups -OCH3 is 2. The normalized spacial score (nSPS) is 13.7. The fourth-order valence-corrected chi connectivity index (χ4v) is 3.97. The highest BCUT2D eigenvalue weighted by Gasteiger charge is 2.31. The van der Waals surface area contributed by atoms with Crippen LogP contribution in [0.1, 0.15) is 31.2 Å². The number of amides is 1. The van der Waals surface area contributed by atoms with E-state index in [1.807, 2.05) is 53.4 Å². The molecule has 0 unspecified atom stereocenters. The number of rotatable bonds is 7. The second-order valence-electron chi connectivity index (χ2n) is 7.35. The molecule has 3 aromatic rings. The molecule has 1 heterocycles. The van der Waals surface area contributed by atoms with E-state index in [2.05, 4.69) is 4.98 Å². The van der Waals surface area contributed by atoms with Gasteiger partial charge in [-0.1, -0.05) is 30.3 Å². The van der Waals surface area contributed by atoms with Crippen molar-refractivity contribution >= 4 is 22.5 Å². The number of ether oxygens (including phenoxy) is 2. The van der Waals surface area contributed by atoms with Gasteiger partial charge in [0.1, 0.15) is 0 Å². The van der Waals surface area contributed by atoms with Gasteiger partial charge >= 0.3 is 0 Å². The minimum absolute atomic E-state index is 0.123. The number of nitrogens with zero attached hydrogens (tertiary/aromatic N) is 2. The fraction of sp³-hybridized carbons (Fsp3) is 0.333. The molecule has 1 aliphatic carbocycles. The van der Waals surface area contributed by atoms with E-state index >= 15 is 0 Å². The highest BCUT2D eigenvalue weighted by Crippen LogP contribution is 2.35. The van der Waals surface area contributed by atoms with Crippen LogP contribution in [0.25, 0.3) is 10.9 Å². The molecule has 2 aromatic carbocycles. The largest absolute Gasteiger partial charge is 0.493 e. The SMILES string of the molecule is COc1cccc(CCC(=O)N(c2cccc3cccnc23)C2CCC2)c1OC. The van der Waals surface area contributed by atoms with Gasteiger partial charge in [-0.05, 0) is 49.4 Å². The lowest BCUT2D eigenvalue weighted by molar-refractivity contribution is -0.119. The summed E-state index contributed by atoms with van der Waals surface area (Å²) in [6.45, 7) is 0. The van der Waals surface area contributed by atoms with Crippen LogP contribution < -0.4 is 14.4 Å². The van der Waals surface area contributed by atoms with Crippen LogP contribution in [0, 0.1) is 0 Å². The molecule has 0 radical (unpaired) electrons. The lowest BCUT2D eigenvalue weighted by Gasteiger charge is -2.38. The molecule has 150 valence electrons. The average molecular weight is 390 g/mol. The molecule has 0 bridgehead atoms. The summed E-state index contributed by atoms with van der Waals surface area (Å²) in [5, 5.41) is 1.05. The van der Waals surface area contributed by atoms with Crippen LogP contribution >= 0.6 is 0 Å². The Morgan fingerprint density at radius 3 is 2.59 bits per heavy atom. The number of pyridine rings is 1. The van der Waals surface area contributed by atoms with E-state index in [1.165, 1.54) is 0 Å². The van der Waals surface area contributed by atoms with Gasteiger partial charge in [0.15, 0.2) is 11.5 Å². The molecule has 1 fully saturated rings. The second kappa shape index (κ2) is 8.52. The van der Waals surface area contributed by atoms with Gasteiger partial charge < -0.3 is 14.4 Å². The van der Waals surface area contributed by atoms with Crippen molar-refractivity contribution in [3.63, 3.8) is 0 Å². The fourth-order valence-electron chi connectivity index (χ4n) is 3.97.